The van der Waals surface area contributed by atoms with Crippen molar-refractivity contribution >= 4 is 23.2 Å². The van der Waals surface area contributed by atoms with Gasteiger partial charge in [-0.2, -0.15) is 0 Å². The number of benzene rings is 3. The summed E-state index contributed by atoms with van der Waals surface area (Å²) in [6.07, 6.45) is 0.961. The molecule has 0 aliphatic carbocycles. The van der Waals surface area contributed by atoms with Gasteiger partial charge in [0, 0.05) is 22.5 Å². The van der Waals surface area contributed by atoms with Gasteiger partial charge in [0.05, 0.1) is 6.61 Å². The molecule has 5 nitrogen and oxygen atoms in total. The van der Waals surface area contributed by atoms with Gasteiger partial charge in [0.15, 0.2) is 0 Å². The van der Waals surface area contributed by atoms with Gasteiger partial charge in [0.1, 0.15) is 5.75 Å². The Morgan fingerprint density at radius 1 is 0.839 bits per heavy atom. The Labute approximate surface area is 183 Å². The van der Waals surface area contributed by atoms with Gasteiger partial charge >= 0.3 is 0 Å². The molecule has 0 bridgehead atoms. The Bertz CT molecular complexity index is 1040. The second kappa shape index (κ2) is 10.4. The van der Waals surface area contributed by atoms with Crippen LogP contribution in [0.4, 0.5) is 11.4 Å². The molecule has 0 aromatic heterocycles. The van der Waals surface area contributed by atoms with Gasteiger partial charge in [0.2, 0.25) is 0 Å². The van der Waals surface area contributed by atoms with Crippen LogP contribution in [0.25, 0.3) is 0 Å². The van der Waals surface area contributed by atoms with Crippen molar-refractivity contribution in [2.45, 2.75) is 27.2 Å². The Hall–Kier alpha value is -3.60. The van der Waals surface area contributed by atoms with Crippen LogP contribution in [-0.2, 0) is 0 Å². The van der Waals surface area contributed by atoms with E-state index in [2.05, 4.69) is 24.5 Å². The maximum atomic E-state index is 12.6. The van der Waals surface area contributed by atoms with Gasteiger partial charge in [0.25, 0.3) is 11.8 Å². The molecule has 0 saturated carbocycles. The van der Waals surface area contributed by atoms with E-state index in [1.165, 1.54) is 0 Å². The standard InChI is InChI=1S/C26H28N2O3/c1-18(2)15-16-31-23-9-6-8-20(17-23)25(29)27-21-11-13-22(14-12-21)28-26(30)24-10-5-4-7-19(24)3/h4-14,17-18H,15-16H2,1-3H3,(H,27,29)(H,28,30). The van der Waals surface area contributed by atoms with Gasteiger partial charge in [-0.1, -0.05) is 38.1 Å². The normalized spacial score (nSPS) is 10.6. The number of nitrogens with one attached hydrogen (secondary N) is 2. The van der Waals surface area contributed by atoms with E-state index in [0.29, 0.717) is 40.8 Å². The predicted molar refractivity (Wildman–Crippen MR) is 125 cm³/mol. The van der Waals surface area contributed by atoms with Crippen molar-refractivity contribution in [3.05, 3.63) is 89.5 Å². The highest BCUT2D eigenvalue weighted by atomic mass is 16.5. The van der Waals surface area contributed by atoms with E-state index in [0.717, 1.165) is 12.0 Å². The molecular formula is C26H28N2O3. The smallest absolute Gasteiger partial charge is 0.255 e. The fraction of sp³-hybridized carbons (Fsp3) is 0.231. The molecule has 0 fully saturated rings. The van der Waals surface area contributed by atoms with E-state index in [1.807, 2.05) is 37.3 Å². The quantitative estimate of drug-likeness (QED) is 0.479. The van der Waals surface area contributed by atoms with E-state index in [4.69, 9.17) is 4.74 Å². The summed E-state index contributed by atoms with van der Waals surface area (Å²) in [7, 11) is 0. The topological polar surface area (TPSA) is 67.4 Å². The first-order valence-corrected chi connectivity index (χ1v) is 10.4. The second-order valence-electron chi connectivity index (χ2n) is 7.86. The van der Waals surface area contributed by atoms with Gasteiger partial charge in [-0.05, 0) is 73.4 Å². The summed E-state index contributed by atoms with van der Waals surface area (Å²) in [4.78, 5) is 25.0. The Morgan fingerprint density at radius 2 is 1.48 bits per heavy atom. The minimum Gasteiger partial charge on any atom is -0.494 e. The molecule has 2 N–H and O–H groups in total. The van der Waals surface area contributed by atoms with Crippen LogP contribution in [0, 0.1) is 12.8 Å². The number of hydrogen-bond donors (Lipinski definition) is 2. The fourth-order valence-electron chi connectivity index (χ4n) is 3.01. The molecule has 0 aliphatic rings. The van der Waals surface area contributed by atoms with Crippen LogP contribution in [-0.4, -0.2) is 18.4 Å². The van der Waals surface area contributed by atoms with Crippen molar-refractivity contribution in [1.82, 2.24) is 0 Å². The van der Waals surface area contributed by atoms with Crippen molar-refractivity contribution in [2.24, 2.45) is 5.92 Å². The van der Waals surface area contributed by atoms with Crippen LogP contribution >= 0.6 is 0 Å². The van der Waals surface area contributed by atoms with E-state index >= 15 is 0 Å². The second-order valence-corrected chi connectivity index (χ2v) is 7.86. The minimum absolute atomic E-state index is 0.163. The summed E-state index contributed by atoms with van der Waals surface area (Å²) < 4.78 is 5.74. The molecule has 3 aromatic rings. The van der Waals surface area contributed by atoms with Crippen molar-refractivity contribution in [3.8, 4) is 5.75 Å². The van der Waals surface area contributed by atoms with Crippen LogP contribution in [0.5, 0.6) is 5.75 Å². The van der Waals surface area contributed by atoms with E-state index in [-0.39, 0.29) is 11.8 Å². The molecule has 0 heterocycles. The fourth-order valence-corrected chi connectivity index (χ4v) is 3.01. The monoisotopic (exact) mass is 416 g/mol. The average molecular weight is 417 g/mol. The molecule has 31 heavy (non-hydrogen) atoms. The highest BCUT2D eigenvalue weighted by Gasteiger charge is 2.10. The molecule has 0 spiro atoms. The summed E-state index contributed by atoms with van der Waals surface area (Å²) in [5.74, 6) is 0.869. The number of hydrogen-bond acceptors (Lipinski definition) is 3. The number of carbonyl (C=O) groups is 2. The lowest BCUT2D eigenvalue weighted by atomic mass is 10.1. The van der Waals surface area contributed by atoms with Crippen molar-refractivity contribution in [3.63, 3.8) is 0 Å². The molecule has 0 atom stereocenters. The Morgan fingerprint density at radius 3 is 2.13 bits per heavy atom. The third-order valence-corrected chi connectivity index (χ3v) is 4.85. The lowest BCUT2D eigenvalue weighted by molar-refractivity contribution is 0.101. The molecule has 2 amide bonds. The summed E-state index contributed by atoms with van der Waals surface area (Å²) in [6, 6.07) is 21.6. The summed E-state index contributed by atoms with van der Waals surface area (Å²) >= 11 is 0. The van der Waals surface area contributed by atoms with Crippen LogP contribution in [0.1, 0.15) is 46.5 Å². The van der Waals surface area contributed by atoms with Gasteiger partial charge < -0.3 is 15.4 Å². The molecule has 3 rings (SSSR count). The lowest BCUT2D eigenvalue weighted by Crippen LogP contribution is -2.14. The number of rotatable bonds is 8. The van der Waals surface area contributed by atoms with Crippen molar-refractivity contribution in [1.29, 1.82) is 0 Å². The molecular weight excluding hydrogens is 388 g/mol. The molecule has 5 heteroatoms. The summed E-state index contributed by atoms with van der Waals surface area (Å²) in [5, 5.41) is 5.75. The molecule has 0 unspecified atom stereocenters. The first kappa shape index (κ1) is 22.1. The van der Waals surface area contributed by atoms with Crippen molar-refractivity contribution < 1.29 is 14.3 Å². The first-order chi connectivity index (χ1) is 14.9. The van der Waals surface area contributed by atoms with Gasteiger partial charge in [-0.3, -0.25) is 9.59 Å². The number of amides is 2. The van der Waals surface area contributed by atoms with E-state index in [9.17, 15) is 9.59 Å². The molecule has 3 aromatic carbocycles. The van der Waals surface area contributed by atoms with Crippen molar-refractivity contribution in [2.75, 3.05) is 17.2 Å². The van der Waals surface area contributed by atoms with Gasteiger partial charge in [-0.15, -0.1) is 0 Å². The maximum Gasteiger partial charge on any atom is 0.255 e. The number of aryl methyl sites for hydroxylation is 1. The minimum atomic E-state index is -0.217. The summed E-state index contributed by atoms with van der Waals surface area (Å²) in [5.41, 5.74) is 3.38. The van der Waals surface area contributed by atoms with E-state index in [1.54, 1.807) is 42.5 Å². The number of ether oxygens (including phenoxy) is 1. The predicted octanol–water partition coefficient (Wildman–Crippen LogP) is 5.92. The zero-order chi connectivity index (χ0) is 22.2. The third kappa shape index (κ3) is 6.44. The largest absolute Gasteiger partial charge is 0.494 e. The Balaban J connectivity index is 1.59. The lowest BCUT2D eigenvalue weighted by Gasteiger charge is -2.11. The zero-order valence-electron chi connectivity index (χ0n) is 18.1. The third-order valence-electron chi connectivity index (χ3n) is 4.85. The summed E-state index contributed by atoms with van der Waals surface area (Å²) in [6.45, 7) is 6.82. The van der Waals surface area contributed by atoms with E-state index < -0.39 is 0 Å². The van der Waals surface area contributed by atoms with Crippen LogP contribution in [0.15, 0.2) is 72.8 Å². The molecule has 0 aliphatic heterocycles. The Kier molecular flexibility index (Phi) is 7.44. The zero-order valence-corrected chi connectivity index (χ0v) is 18.1. The molecule has 0 saturated heterocycles. The first-order valence-electron chi connectivity index (χ1n) is 10.4. The molecule has 0 radical (unpaired) electrons. The highest BCUT2D eigenvalue weighted by molar-refractivity contribution is 6.06. The SMILES string of the molecule is Cc1ccccc1C(=O)Nc1ccc(NC(=O)c2cccc(OCCC(C)C)c2)cc1. The van der Waals surface area contributed by atoms with Crippen LogP contribution in [0.2, 0.25) is 0 Å². The van der Waals surface area contributed by atoms with Crippen LogP contribution in [0.3, 0.4) is 0 Å². The van der Waals surface area contributed by atoms with Crippen LogP contribution < -0.4 is 15.4 Å². The van der Waals surface area contributed by atoms with Gasteiger partial charge in [-0.25, -0.2) is 0 Å². The maximum absolute atomic E-state index is 12.6. The number of anilines is 2. The average Bonchev–Trinajstić information content (AvgIpc) is 2.75. The number of carbonyl (C=O) groups excluding carboxylic acids is 2. The highest BCUT2D eigenvalue weighted by Crippen LogP contribution is 2.19. The molecule has 160 valence electrons.